The van der Waals surface area contributed by atoms with Gasteiger partial charge in [-0.2, -0.15) is 0 Å². The normalized spacial score (nSPS) is 19.9. The topological polar surface area (TPSA) is 71.6 Å². The van der Waals surface area contributed by atoms with E-state index in [0.29, 0.717) is 39.3 Å². The number of benzene rings is 1. The number of hydrogen-bond donors (Lipinski definition) is 0. The molecule has 1 atom stereocenters. The highest BCUT2D eigenvalue weighted by atomic mass is 16.6. The zero-order valence-electron chi connectivity index (χ0n) is 17.6. The number of ether oxygens (including phenoxy) is 3. The van der Waals surface area contributed by atoms with Crippen LogP contribution >= 0.6 is 0 Å². The van der Waals surface area contributed by atoms with E-state index in [-0.39, 0.29) is 18.0 Å². The molecule has 2 aliphatic rings. The lowest BCUT2D eigenvalue weighted by Crippen LogP contribution is -2.51. The molecule has 0 saturated carbocycles. The molecule has 1 unspecified atom stereocenters. The highest BCUT2D eigenvalue weighted by molar-refractivity contribution is 5.79. The number of likely N-dealkylation sites (tertiary alicyclic amines) is 1. The molecule has 8 heteroatoms. The van der Waals surface area contributed by atoms with Crippen molar-refractivity contribution in [3.05, 3.63) is 23.8 Å². The van der Waals surface area contributed by atoms with Gasteiger partial charge in [0.1, 0.15) is 11.5 Å². The summed E-state index contributed by atoms with van der Waals surface area (Å²) in [6.45, 7) is 5.79. The Bertz CT molecular complexity index is 718. The van der Waals surface area contributed by atoms with Crippen LogP contribution in [0.15, 0.2) is 18.2 Å². The second-order valence-corrected chi connectivity index (χ2v) is 7.32. The molecule has 29 heavy (non-hydrogen) atoms. The van der Waals surface area contributed by atoms with Crippen LogP contribution in [0.1, 0.15) is 31.4 Å². The van der Waals surface area contributed by atoms with Crippen molar-refractivity contribution in [2.24, 2.45) is 0 Å². The van der Waals surface area contributed by atoms with Crippen molar-refractivity contribution in [1.82, 2.24) is 14.7 Å². The summed E-state index contributed by atoms with van der Waals surface area (Å²) in [5.74, 6) is 1.65. The first-order valence-corrected chi connectivity index (χ1v) is 10.2. The molecule has 0 spiro atoms. The fourth-order valence-corrected chi connectivity index (χ4v) is 4.07. The monoisotopic (exact) mass is 405 g/mol. The molecule has 8 nitrogen and oxygen atoms in total. The molecule has 0 N–H and O–H groups in total. The Morgan fingerprint density at radius 3 is 2.48 bits per heavy atom. The lowest BCUT2D eigenvalue weighted by Gasteiger charge is -2.35. The van der Waals surface area contributed by atoms with Gasteiger partial charge in [-0.1, -0.05) is 0 Å². The minimum atomic E-state index is -0.275. The van der Waals surface area contributed by atoms with Crippen LogP contribution in [-0.2, 0) is 9.53 Å². The van der Waals surface area contributed by atoms with Crippen molar-refractivity contribution in [1.29, 1.82) is 0 Å². The molecule has 2 amide bonds. The number of amides is 2. The van der Waals surface area contributed by atoms with Gasteiger partial charge < -0.3 is 24.0 Å². The predicted molar refractivity (Wildman–Crippen MR) is 108 cm³/mol. The average Bonchev–Trinajstić information content (AvgIpc) is 3.24. The third kappa shape index (κ3) is 4.93. The summed E-state index contributed by atoms with van der Waals surface area (Å²) in [6.07, 6.45) is 1.60. The predicted octanol–water partition coefficient (Wildman–Crippen LogP) is 2.14. The molecule has 0 aromatic heterocycles. The second-order valence-electron chi connectivity index (χ2n) is 7.32. The molecule has 3 rings (SSSR count). The first-order chi connectivity index (χ1) is 14.1. The Labute approximate surface area is 172 Å². The molecule has 0 bridgehead atoms. The van der Waals surface area contributed by atoms with Crippen LogP contribution in [0.5, 0.6) is 11.5 Å². The third-order valence-corrected chi connectivity index (χ3v) is 5.63. The van der Waals surface area contributed by atoms with Crippen LogP contribution in [0.25, 0.3) is 0 Å². The van der Waals surface area contributed by atoms with E-state index in [2.05, 4.69) is 4.90 Å². The quantitative estimate of drug-likeness (QED) is 0.722. The van der Waals surface area contributed by atoms with E-state index in [9.17, 15) is 9.59 Å². The van der Waals surface area contributed by atoms with Gasteiger partial charge in [0, 0.05) is 38.3 Å². The van der Waals surface area contributed by atoms with E-state index in [1.807, 2.05) is 23.1 Å². The van der Waals surface area contributed by atoms with Gasteiger partial charge in [-0.25, -0.2) is 4.79 Å². The van der Waals surface area contributed by atoms with Gasteiger partial charge in [-0.15, -0.1) is 0 Å². The fraction of sp³-hybridized carbons (Fsp3) is 0.619. The largest absolute Gasteiger partial charge is 0.497 e. The first-order valence-electron chi connectivity index (χ1n) is 10.2. The zero-order valence-corrected chi connectivity index (χ0v) is 17.6. The summed E-state index contributed by atoms with van der Waals surface area (Å²) in [4.78, 5) is 30.7. The Hall–Kier alpha value is -2.48. The van der Waals surface area contributed by atoms with Crippen LogP contribution in [0.2, 0.25) is 0 Å². The number of rotatable bonds is 6. The third-order valence-electron chi connectivity index (χ3n) is 5.63. The van der Waals surface area contributed by atoms with Crippen molar-refractivity contribution >= 4 is 12.0 Å². The minimum absolute atomic E-state index is 0.00614. The summed E-state index contributed by atoms with van der Waals surface area (Å²) < 4.78 is 16.0. The van der Waals surface area contributed by atoms with E-state index in [4.69, 9.17) is 14.2 Å². The van der Waals surface area contributed by atoms with Crippen molar-refractivity contribution in [3.63, 3.8) is 0 Å². The molecule has 1 aromatic rings. The molecule has 0 radical (unpaired) electrons. The summed E-state index contributed by atoms with van der Waals surface area (Å²) in [7, 11) is 3.29. The van der Waals surface area contributed by atoms with E-state index < -0.39 is 0 Å². The zero-order chi connectivity index (χ0) is 20.8. The Morgan fingerprint density at radius 1 is 1.07 bits per heavy atom. The van der Waals surface area contributed by atoms with Gasteiger partial charge in [-0.3, -0.25) is 9.69 Å². The van der Waals surface area contributed by atoms with Crippen LogP contribution in [-0.4, -0.2) is 86.8 Å². The molecule has 2 heterocycles. The molecule has 160 valence electrons. The van der Waals surface area contributed by atoms with E-state index >= 15 is 0 Å². The maximum absolute atomic E-state index is 13.1. The molecule has 0 aliphatic carbocycles. The smallest absolute Gasteiger partial charge is 0.409 e. The van der Waals surface area contributed by atoms with Crippen molar-refractivity contribution in [2.75, 3.05) is 60.1 Å². The second kappa shape index (κ2) is 9.82. The van der Waals surface area contributed by atoms with Gasteiger partial charge in [0.2, 0.25) is 5.91 Å². The first kappa shape index (κ1) is 21.2. The average molecular weight is 405 g/mol. The number of nitrogens with zero attached hydrogens (tertiary/aromatic N) is 3. The Morgan fingerprint density at radius 2 is 1.83 bits per heavy atom. The highest BCUT2D eigenvalue weighted by Crippen LogP contribution is 2.39. The van der Waals surface area contributed by atoms with Crippen molar-refractivity contribution < 1.29 is 23.8 Å². The number of carbonyl (C=O) groups excluding carboxylic acids is 2. The van der Waals surface area contributed by atoms with Gasteiger partial charge >= 0.3 is 6.09 Å². The molecular formula is C21H31N3O5. The van der Waals surface area contributed by atoms with Crippen molar-refractivity contribution in [2.45, 2.75) is 25.8 Å². The molecule has 2 aliphatic heterocycles. The Balaban J connectivity index is 1.62. The maximum atomic E-state index is 13.1. The highest BCUT2D eigenvalue weighted by Gasteiger charge is 2.33. The fourth-order valence-electron chi connectivity index (χ4n) is 4.07. The molecule has 2 saturated heterocycles. The summed E-state index contributed by atoms with van der Waals surface area (Å²) in [5, 5.41) is 0. The maximum Gasteiger partial charge on any atom is 0.409 e. The minimum Gasteiger partial charge on any atom is -0.497 e. The standard InChI is InChI=1S/C21H31N3O5/c1-4-29-21(26)23-12-10-22(11-13-23)15-20(25)24-9-5-6-18(24)17-14-16(27-2)7-8-19(17)28-3/h7-8,14,18H,4-6,9-13,15H2,1-3H3. The summed E-state index contributed by atoms with van der Waals surface area (Å²) in [5.41, 5.74) is 0.991. The molecular weight excluding hydrogens is 374 g/mol. The Kier molecular flexibility index (Phi) is 7.19. The van der Waals surface area contributed by atoms with Crippen molar-refractivity contribution in [3.8, 4) is 11.5 Å². The van der Waals surface area contributed by atoms with Crippen LogP contribution < -0.4 is 9.47 Å². The number of hydrogen-bond acceptors (Lipinski definition) is 6. The summed E-state index contributed by atoms with van der Waals surface area (Å²) >= 11 is 0. The van der Waals surface area contributed by atoms with Crippen LogP contribution in [0.3, 0.4) is 0 Å². The SMILES string of the molecule is CCOC(=O)N1CCN(CC(=O)N2CCCC2c2cc(OC)ccc2OC)CC1. The summed E-state index contributed by atoms with van der Waals surface area (Å²) in [6, 6.07) is 5.72. The van der Waals surface area contributed by atoms with E-state index in [0.717, 1.165) is 36.4 Å². The lowest BCUT2D eigenvalue weighted by molar-refractivity contribution is -0.133. The number of methoxy groups -OCH3 is 2. The van der Waals surface area contributed by atoms with E-state index in [1.165, 1.54) is 0 Å². The van der Waals surface area contributed by atoms with Gasteiger partial charge in [0.25, 0.3) is 0 Å². The number of carbonyl (C=O) groups is 2. The van der Waals surface area contributed by atoms with Gasteiger partial charge in [0.05, 0.1) is 33.4 Å². The molecule has 1 aromatic carbocycles. The van der Waals surface area contributed by atoms with Crippen LogP contribution in [0, 0.1) is 0 Å². The van der Waals surface area contributed by atoms with Gasteiger partial charge in [-0.05, 0) is 38.0 Å². The molecule has 2 fully saturated rings. The van der Waals surface area contributed by atoms with E-state index in [1.54, 1.807) is 26.0 Å². The van der Waals surface area contributed by atoms with Gasteiger partial charge in [0.15, 0.2) is 0 Å². The van der Waals surface area contributed by atoms with Crippen LogP contribution in [0.4, 0.5) is 4.79 Å². The lowest BCUT2D eigenvalue weighted by atomic mass is 10.0. The number of piperazine rings is 1.